The fourth-order valence-electron chi connectivity index (χ4n) is 4.30. The van der Waals surface area contributed by atoms with E-state index in [1.165, 1.54) is 38.5 Å². The Hall–Kier alpha value is -1.99. The molecule has 0 bridgehead atoms. The third-order valence-electron chi connectivity index (χ3n) is 5.70. The molecule has 2 aromatic rings. The summed E-state index contributed by atoms with van der Waals surface area (Å²) in [6.07, 6.45) is 10.8. The second kappa shape index (κ2) is 8.80. The van der Waals surface area contributed by atoms with Gasteiger partial charge in [-0.15, -0.1) is 0 Å². The SMILES string of the molecule is COCCNc1ccc(-c2noc([C@@H]3CCCN3C3CCCCC3)n2)cn1. The lowest BCUT2D eigenvalue weighted by Gasteiger charge is -2.34. The van der Waals surface area contributed by atoms with E-state index < -0.39 is 0 Å². The average molecular weight is 371 g/mol. The minimum Gasteiger partial charge on any atom is -0.383 e. The molecule has 3 heterocycles. The summed E-state index contributed by atoms with van der Waals surface area (Å²) in [5.74, 6) is 2.20. The first-order valence-corrected chi connectivity index (χ1v) is 10.1. The molecular weight excluding hydrogens is 342 g/mol. The number of aromatic nitrogens is 3. The van der Waals surface area contributed by atoms with Crippen LogP contribution in [0, 0.1) is 0 Å². The van der Waals surface area contributed by atoms with Gasteiger partial charge >= 0.3 is 0 Å². The van der Waals surface area contributed by atoms with Gasteiger partial charge < -0.3 is 14.6 Å². The number of hydrogen-bond acceptors (Lipinski definition) is 7. The van der Waals surface area contributed by atoms with Crippen LogP contribution in [-0.4, -0.2) is 52.9 Å². The van der Waals surface area contributed by atoms with Gasteiger partial charge in [0.15, 0.2) is 0 Å². The van der Waals surface area contributed by atoms with E-state index in [0.29, 0.717) is 18.5 Å². The first-order chi connectivity index (χ1) is 13.3. The fourth-order valence-corrected chi connectivity index (χ4v) is 4.30. The Morgan fingerprint density at radius 3 is 2.85 bits per heavy atom. The number of pyridine rings is 1. The van der Waals surface area contributed by atoms with Crippen molar-refractivity contribution >= 4 is 5.82 Å². The highest BCUT2D eigenvalue weighted by molar-refractivity contribution is 5.55. The van der Waals surface area contributed by atoms with Crippen LogP contribution in [0.3, 0.4) is 0 Å². The Kier molecular flexibility index (Phi) is 5.99. The first-order valence-electron chi connectivity index (χ1n) is 10.1. The number of ether oxygens (including phenoxy) is 1. The number of anilines is 1. The van der Waals surface area contributed by atoms with Crippen LogP contribution in [0.5, 0.6) is 0 Å². The van der Waals surface area contributed by atoms with Crippen molar-refractivity contribution in [2.75, 3.05) is 32.1 Å². The molecule has 0 amide bonds. The van der Waals surface area contributed by atoms with E-state index in [1.54, 1.807) is 13.3 Å². The van der Waals surface area contributed by atoms with E-state index in [-0.39, 0.29) is 6.04 Å². The molecule has 7 nitrogen and oxygen atoms in total. The summed E-state index contributed by atoms with van der Waals surface area (Å²) in [6, 6.07) is 4.87. The van der Waals surface area contributed by atoms with Gasteiger partial charge in [-0.05, 0) is 44.4 Å². The molecule has 1 aliphatic carbocycles. The minimum atomic E-state index is 0.275. The number of rotatable bonds is 7. The average Bonchev–Trinajstić information content (AvgIpc) is 3.39. The van der Waals surface area contributed by atoms with Gasteiger partial charge in [0, 0.05) is 31.5 Å². The summed E-state index contributed by atoms with van der Waals surface area (Å²) in [5, 5.41) is 7.43. The smallest absolute Gasteiger partial charge is 0.244 e. The van der Waals surface area contributed by atoms with Gasteiger partial charge in [0.25, 0.3) is 0 Å². The molecule has 1 N–H and O–H groups in total. The highest BCUT2D eigenvalue weighted by Gasteiger charge is 2.35. The quantitative estimate of drug-likeness (QED) is 0.744. The molecule has 2 aromatic heterocycles. The van der Waals surface area contributed by atoms with Crippen molar-refractivity contribution in [3.63, 3.8) is 0 Å². The molecule has 2 aliphatic rings. The molecule has 4 rings (SSSR count). The second-order valence-electron chi connectivity index (χ2n) is 7.50. The molecule has 0 unspecified atom stereocenters. The second-order valence-corrected chi connectivity index (χ2v) is 7.50. The van der Waals surface area contributed by atoms with Crippen LogP contribution >= 0.6 is 0 Å². The van der Waals surface area contributed by atoms with Gasteiger partial charge in [-0.2, -0.15) is 4.98 Å². The normalized spacial score (nSPS) is 21.6. The molecule has 2 fully saturated rings. The Morgan fingerprint density at radius 2 is 2.07 bits per heavy atom. The van der Waals surface area contributed by atoms with Crippen molar-refractivity contribution in [1.29, 1.82) is 0 Å². The summed E-state index contributed by atoms with van der Waals surface area (Å²) >= 11 is 0. The van der Waals surface area contributed by atoms with Crippen molar-refractivity contribution < 1.29 is 9.26 Å². The number of nitrogens with one attached hydrogen (secondary N) is 1. The van der Waals surface area contributed by atoms with Crippen LogP contribution < -0.4 is 5.32 Å². The predicted molar refractivity (Wildman–Crippen MR) is 103 cm³/mol. The Morgan fingerprint density at radius 1 is 1.19 bits per heavy atom. The van der Waals surface area contributed by atoms with Crippen molar-refractivity contribution in [1.82, 2.24) is 20.0 Å². The van der Waals surface area contributed by atoms with Crippen molar-refractivity contribution in [3.8, 4) is 11.4 Å². The molecule has 1 atom stereocenters. The van der Waals surface area contributed by atoms with Crippen LogP contribution in [0.1, 0.15) is 56.9 Å². The molecule has 0 spiro atoms. The third-order valence-corrected chi connectivity index (χ3v) is 5.70. The zero-order valence-corrected chi connectivity index (χ0v) is 16.1. The molecule has 146 valence electrons. The Balaban J connectivity index is 1.43. The summed E-state index contributed by atoms with van der Waals surface area (Å²) in [4.78, 5) is 11.7. The van der Waals surface area contributed by atoms with Crippen LogP contribution in [-0.2, 0) is 4.74 Å². The van der Waals surface area contributed by atoms with Gasteiger partial charge in [0.1, 0.15) is 5.82 Å². The van der Waals surface area contributed by atoms with Crippen LogP contribution in [0.4, 0.5) is 5.82 Å². The monoisotopic (exact) mass is 371 g/mol. The number of hydrogen-bond donors (Lipinski definition) is 1. The molecule has 1 aliphatic heterocycles. The molecule has 1 saturated carbocycles. The Labute approximate surface area is 160 Å². The van der Waals surface area contributed by atoms with E-state index in [4.69, 9.17) is 14.2 Å². The van der Waals surface area contributed by atoms with Gasteiger partial charge in [-0.25, -0.2) is 4.98 Å². The van der Waals surface area contributed by atoms with E-state index >= 15 is 0 Å². The van der Waals surface area contributed by atoms with Crippen LogP contribution in [0.25, 0.3) is 11.4 Å². The highest BCUT2D eigenvalue weighted by Crippen LogP contribution is 2.37. The largest absolute Gasteiger partial charge is 0.383 e. The maximum Gasteiger partial charge on any atom is 0.244 e. The molecule has 0 aromatic carbocycles. The number of nitrogens with zero attached hydrogens (tertiary/aromatic N) is 4. The van der Waals surface area contributed by atoms with E-state index in [1.807, 2.05) is 12.1 Å². The fraction of sp³-hybridized carbons (Fsp3) is 0.650. The number of methoxy groups -OCH3 is 1. The van der Waals surface area contributed by atoms with Crippen LogP contribution in [0.2, 0.25) is 0 Å². The van der Waals surface area contributed by atoms with Gasteiger partial charge in [-0.1, -0.05) is 24.4 Å². The van der Waals surface area contributed by atoms with Crippen LogP contribution in [0.15, 0.2) is 22.9 Å². The molecule has 27 heavy (non-hydrogen) atoms. The maximum atomic E-state index is 5.67. The lowest BCUT2D eigenvalue weighted by molar-refractivity contribution is 0.121. The Bertz CT molecular complexity index is 711. The maximum absolute atomic E-state index is 5.67. The van der Waals surface area contributed by atoms with Crippen molar-refractivity contribution in [2.45, 2.75) is 57.0 Å². The molecule has 7 heteroatoms. The predicted octanol–water partition coefficient (Wildman–Crippen LogP) is 3.66. The summed E-state index contributed by atoms with van der Waals surface area (Å²) in [6.45, 7) is 2.53. The number of likely N-dealkylation sites (tertiary alicyclic amines) is 1. The summed E-state index contributed by atoms with van der Waals surface area (Å²) < 4.78 is 10.7. The lowest BCUT2D eigenvalue weighted by Crippen LogP contribution is -2.36. The first kappa shape index (κ1) is 18.4. The lowest BCUT2D eigenvalue weighted by atomic mass is 9.94. The molecule has 1 saturated heterocycles. The minimum absolute atomic E-state index is 0.275. The molecule has 0 radical (unpaired) electrons. The zero-order valence-electron chi connectivity index (χ0n) is 16.1. The van der Waals surface area contributed by atoms with E-state index in [9.17, 15) is 0 Å². The van der Waals surface area contributed by atoms with Gasteiger partial charge in [-0.3, -0.25) is 4.90 Å². The van der Waals surface area contributed by atoms with Gasteiger partial charge in [0.05, 0.1) is 12.6 Å². The van der Waals surface area contributed by atoms with Gasteiger partial charge in [0.2, 0.25) is 11.7 Å². The van der Waals surface area contributed by atoms with E-state index in [0.717, 1.165) is 36.8 Å². The van der Waals surface area contributed by atoms with Crippen molar-refractivity contribution in [3.05, 3.63) is 24.2 Å². The standard InChI is InChI=1S/C20H29N5O2/c1-26-13-11-21-18-10-9-15(14-22-18)19-23-20(27-24-19)17-8-5-12-25(17)16-6-3-2-4-7-16/h9-10,14,16-17H,2-8,11-13H2,1H3,(H,21,22)/t17-/m0/s1. The summed E-state index contributed by atoms with van der Waals surface area (Å²) in [5.41, 5.74) is 0.879. The third kappa shape index (κ3) is 4.30. The zero-order chi connectivity index (χ0) is 18.5. The highest BCUT2D eigenvalue weighted by atomic mass is 16.5. The van der Waals surface area contributed by atoms with E-state index in [2.05, 4.69) is 20.4 Å². The summed E-state index contributed by atoms with van der Waals surface area (Å²) in [7, 11) is 1.69. The molecular formula is C20H29N5O2. The topological polar surface area (TPSA) is 76.3 Å². The van der Waals surface area contributed by atoms with Crippen molar-refractivity contribution in [2.24, 2.45) is 0 Å².